The maximum Gasteiger partial charge on any atom is 0.252 e. The predicted octanol–water partition coefficient (Wildman–Crippen LogP) is 2.60. The summed E-state index contributed by atoms with van der Waals surface area (Å²) < 4.78 is 0. The molecule has 4 N–H and O–H groups in total. The van der Waals surface area contributed by atoms with Crippen LogP contribution in [-0.4, -0.2) is 17.6 Å². The molecule has 104 valence electrons. The van der Waals surface area contributed by atoms with E-state index in [-0.39, 0.29) is 16.7 Å². The lowest BCUT2D eigenvalue weighted by atomic mass is 10.1. The summed E-state index contributed by atoms with van der Waals surface area (Å²) in [6.45, 7) is 0.481. The summed E-state index contributed by atoms with van der Waals surface area (Å²) >= 11 is 5.99. The van der Waals surface area contributed by atoms with Gasteiger partial charge in [-0.3, -0.25) is 4.79 Å². The van der Waals surface area contributed by atoms with Crippen molar-refractivity contribution in [3.05, 3.63) is 58.6 Å². The van der Waals surface area contributed by atoms with E-state index in [2.05, 4.69) is 5.32 Å². The first-order valence-electron chi connectivity index (χ1n) is 6.18. The molecule has 1 amide bonds. The molecule has 0 heterocycles. The highest BCUT2D eigenvalue weighted by Crippen LogP contribution is 2.22. The highest BCUT2D eigenvalue weighted by atomic mass is 35.5. The minimum atomic E-state index is -0.249. The second-order valence-corrected chi connectivity index (χ2v) is 4.76. The van der Waals surface area contributed by atoms with Crippen LogP contribution in [0.2, 0.25) is 5.02 Å². The predicted molar refractivity (Wildman–Crippen MR) is 80.0 cm³/mol. The second-order valence-electron chi connectivity index (χ2n) is 4.38. The summed E-state index contributed by atoms with van der Waals surface area (Å²) in [5, 5.41) is 12.2. The Morgan fingerprint density at radius 1 is 1.20 bits per heavy atom. The minimum Gasteiger partial charge on any atom is -0.508 e. The maximum absolute atomic E-state index is 12.0. The molecule has 2 aromatic rings. The molecule has 2 rings (SSSR count). The van der Waals surface area contributed by atoms with Gasteiger partial charge in [0.2, 0.25) is 0 Å². The maximum atomic E-state index is 12.0. The molecule has 0 atom stereocenters. The van der Waals surface area contributed by atoms with Crippen LogP contribution >= 0.6 is 11.6 Å². The van der Waals surface area contributed by atoms with Crippen molar-refractivity contribution < 1.29 is 9.90 Å². The van der Waals surface area contributed by atoms with Crippen molar-refractivity contribution in [3.63, 3.8) is 0 Å². The van der Waals surface area contributed by atoms with Crippen LogP contribution in [0.3, 0.4) is 0 Å². The molecule has 20 heavy (non-hydrogen) atoms. The van der Waals surface area contributed by atoms with E-state index in [1.54, 1.807) is 30.3 Å². The quantitative estimate of drug-likeness (QED) is 0.758. The minimum absolute atomic E-state index is 0.226. The Kier molecular flexibility index (Phi) is 4.48. The van der Waals surface area contributed by atoms with Gasteiger partial charge in [0.05, 0.1) is 16.3 Å². The highest BCUT2D eigenvalue weighted by molar-refractivity contribution is 6.36. The van der Waals surface area contributed by atoms with Gasteiger partial charge in [0, 0.05) is 6.54 Å². The summed E-state index contributed by atoms with van der Waals surface area (Å²) in [6, 6.07) is 11.8. The fourth-order valence-corrected chi connectivity index (χ4v) is 2.02. The molecule has 0 saturated heterocycles. The van der Waals surface area contributed by atoms with Crippen molar-refractivity contribution in [3.8, 4) is 5.75 Å². The van der Waals surface area contributed by atoms with Gasteiger partial charge in [-0.05, 0) is 36.2 Å². The summed E-state index contributed by atoms with van der Waals surface area (Å²) in [6.07, 6.45) is 0.673. The Morgan fingerprint density at radius 2 is 1.90 bits per heavy atom. The zero-order valence-electron chi connectivity index (χ0n) is 10.8. The molecule has 0 aliphatic carbocycles. The van der Waals surface area contributed by atoms with E-state index in [1.807, 2.05) is 12.1 Å². The molecule has 0 fully saturated rings. The largest absolute Gasteiger partial charge is 0.508 e. The Hall–Kier alpha value is -2.20. The number of anilines is 1. The van der Waals surface area contributed by atoms with Crippen molar-refractivity contribution in [2.75, 3.05) is 12.3 Å². The van der Waals surface area contributed by atoms with Gasteiger partial charge < -0.3 is 16.2 Å². The first-order chi connectivity index (χ1) is 9.58. The average molecular weight is 291 g/mol. The normalized spacial score (nSPS) is 10.2. The van der Waals surface area contributed by atoms with Crippen LogP contribution in [-0.2, 0) is 6.42 Å². The number of hydrogen-bond acceptors (Lipinski definition) is 3. The lowest BCUT2D eigenvalue weighted by Gasteiger charge is -2.08. The number of nitrogens with two attached hydrogens (primary N) is 1. The third-order valence-electron chi connectivity index (χ3n) is 2.91. The number of halogens is 1. The summed E-state index contributed by atoms with van der Waals surface area (Å²) in [5.74, 6) is -0.0228. The highest BCUT2D eigenvalue weighted by Gasteiger charge is 2.11. The van der Waals surface area contributed by atoms with Gasteiger partial charge in [0.15, 0.2) is 0 Å². The molecule has 0 bridgehead atoms. The summed E-state index contributed by atoms with van der Waals surface area (Å²) in [7, 11) is 0. The van der Waals surface area contributed by atoms with Crippen LogP contribution in [0.15, 0.2) is 42.5 Å². The van der Waals surface area contributed by atoms with E-state index in [0.717, 1.165) is 5.56 Å². The first-order valence-corrected chi connectivity index (χ1v) is 6.56. The van der Waals surface area contributed by atoms with Crippen molar-refractivity contribution >= 4 is 23.2 Å². The third-order valence-corrected chi connectivity index (χ3v) is 3.33. The first kappa shape index (κ1) is 14.2. The molecule has 5 heteroatoms. The van der Waals surface area contributed by atoms with Crippen LogP contribution < -0.4 is 11.1 Å². The van der Waals surface area contributed by atoms with Crippen LogP contribution in [0.1, 0.15) is 15.9 Å². The number of phenolic OH excluding ortho intramolecular Hbond substituents is 1. The van der Waals surface area contributed by atoms with Crippen LogP contribution in [0.25, 0.3) is 0 Å². The van der Waals surface area contributed by atoms with Crippen molar-refractivity contribution in [1.82, 2.24) is 5.32 Å². The zero-order valence-corrected chi connectivity index (χ0v) is 11.5. The van der Waals surface area contributed by atoms with E-state index in [0.29, 0.717) is 24.2 Å². The number of benzene rings is 2. The number of carbonyl (C=O) groups is 1. The topological polar surface area (TPSA) is 75.4 Å². The fraction of sp³-hybridized carbons (Fsp3) is 0.133. The number of carbonyl (C=O) groups excluding carboxylic acids is 1. The van der Waals surface area contributed by atoms with E-state index < -0.39 is 0 Å². The number of amides is 1. The van der Waals surface area contributed by atoms with E-state index in [4.69, 9.17) is 17.3 Å². The van der Waals surface area contributed by atoms with Gasteiger partial charge in [-0.25, -0.2) is 0 Å². The van der Waals surface area contributed by atoms with Crippen LogP contribution in [0.5, 0.6) is 5.75 Å². The molecule has 0 saturated carbocycles. The molecule has 0 spiro atoms. The van der Waals surface area contributed by atoms with Crippen molar-refractivity contribution in [1.29, 1.82) is 0 Å². The molecule has 0 aliphatic heterocycles. The Labute approximate surface area is 122 Å². The average Bonchev–Trinajstić information content (AvgIpc) is 2.44. The van der Waals surface area contributed by atoms with E-state index in [9.17, 15) is 9.90 Å². The van der Waals surface area contributed by atoms with Gasteiger partial charge in [-0.2, -0.15) is 0 Å². The number of nitrogen functional groups attached to an aromatic ring is 1. The Morgan fingerprint density at radius 3 is 2.60 bits per heavy atom. The smallest absolute Gasteiger partial charge is 0.252 e. The molecule has 0 aromatic heterocycles. The van der Waals surface area contributed by atoms with Gasteiger partial charge in [0.25, 0.3) is 5.91 Å². The molecule has 0 aliphatic rings. The van der Waals surface area contributed by atoms with Gasteiger partial charge in [-0.1, -0.05) is 29.8 Å². The monoisotopic (exact) mass is 290 g/mol. The summed E-state index contributed by atoms with van der Waals surface area (Å²) in [4.78, 5) is 12.0. The number of rotatable bonds is 4. The number of aromatic hydroxyl groups is 1. The second kappa shape index (κ2) is 6.30. The van der Waals surface area contributed by atoms with E-state index >= 15 is 0 Å². The van der Waals surface area contributed by atoms with Crippen LogP contribution in [0.4, 0.5) is 5.69 Å². The standard InChI is InChI=1S/C15H15ClN2O2/c16-14-12(2-1-3-13(14)17)15(20)18-9-8-10-4-6-11(19)7-5-10/h1-7,19H,8-9,17H2,(H,18,20). The van der Waals surface area contributed by atoms with Gasteiger partial charge in [0.1, 0.15) is 5.75 Å². The molecule has 2 aromatic carbocycles. The molecular formula is C15H15ClN2O2. The van der Waals surface area contributed by atoms with Crippen LogP contribution in [0, 0.1) is 0 Å². The van der Waals surface area contributed by atoms with Gasteiger partial charge in [-0.15, -0.1) is 0 Å². The number of nitrogens with one attached hydrogen (secondary N) is 1. The van der Waals surface area contributed by atoms with E-state index in [1.165, 1.54) is 0 Å². The lowest BCUT2D eigenvalue weighted by molar-refractivity contribution is 0.0954. The van der Waals surface area contributed by atoms with Crippen molar-refractivity contribution in [2.45, 2.75) is 6.42 Å². The molecule has 0 unspecified atom stereocenters. The number of hydrogen-bond donors (Lipinski definition) is 3. The third kappa shape index (κ3) is 3.42. The molecule has 0 radical (unpaired) electrons. The SMILES string of the molecule is Nc1cccc(C(=O)NCCc2ccc(O)cc2)c1Cl. The number of phenols is 1. The Balaban J connectivity index is 1.92. The lowest BCUT2D eigenvalue weighted by Crippen LogP contribution is -2.26. The zero-order chi connectivity index (χ0) is 14.5. The Bertz CT molecular complexity index is 612. The fourth-order valence-electron chi connectivity index (χ4n) is 1.80. The van der Waals surface area contributed by atoms with Crippen molar-refractivity contribution in [2.24, 2.45) is 0 Å². The summed E-state index contributed by atoms with van der Waals surface area (Å²) in [5.41, 5.74) is 7.45. The molecule has 4 nitrogen and oxygen atoms in total. The van der Waals surface area contributed by atoms with Gasteiger partial charge >= 0.3 is 0 Å². The molecular weight excluding hydrogens is 276 g/mol.